The maximum Gasteiger partial charge on any atom is 0.309 e. The molecule has 6 aliphatic rings. The van der Waals surface area contributed by atoms with E-state index in [-0.39, 0.29) is 45.9 Å². The highest BCUT2D eigenvalue weighted by Gasteiger charge is 2.70. The zero-order valence-corrected chi connectivity index (χ0v) is 31.5. The molecule has 0 radical (unpaired) electrons. The SMILES string of the molecule is CC(C)C1=C2[C@H]3CC[C@@H]4[C@@]5(C)CC[C@H](OC(=O)CC(C)(C)C(=O)O)C(C)(C)[C@H]5CC[C@@]4(C)[C@]3(C)CC[C@@]2([C@H](O)CNCC2CC2)CC1=O. The summed E-state index contributed by atoms with van der Waals surface area (Å²) in [4.78, 5) is 38.7. The van der Waals surface area contributed by atoms with E-state index in [9.17, 15) is 24.6 Å². The van der Waals surface area contributed by atoms with E-state index in [0.29, 0.717) is 30.7 Å². The Labute approximate surface area is 289 Å². The molecule has 7 heteroatoms. The number of carbonyl (C=O) groups is 3. The van der Waals surface area contributed by atoms with Crippen LogP contribution in [0, 0.1) is 62.1 Å². The highest BCUT2D eigenvalue weighted by atomic mass is 16.5. The van der Waals surface area contributed by atoms with Gasteiger partial charge in [-0.3, -0.25) is 14.4 Å². The fourth-order valence-electron chi connectivity index (χ4n) is 12.9. The molecule has 9 atom stereocenters. The van der Waals surface area contributed by atoms with Crippen molar-refractivity contribution in [2.24, 2.45) is 62.1 Å². The number of Topliss-reactive ketones (excluding diaryl/α,β-unsaturated/α-hetero) is 1. The zero-order valence-electron chi connectivity index (χ0n) is 31.5. The number of ketones is 1. The second kappa shape index (κ2) is 11.9. The molecule has 48 heavy (non-hydrogen) atoms. The van der Waals surface area contributed by atoms with E-state index in [1.54, 1.807) is 13.8 Å². The smallest absolute Gasteiger partial charge is 0.309 e. The van der Waals surface area contributed by atoms with Gasteiger partial charge in [0.2, 0.25) is 0 Å². The van der Waals surface area contributed by atoms with E-state index in [0.717, 1.165) is 69.4 Å². The predicted molar refractivity (Wildman–Crippen MR) is 187 cm³/mol. The fourth-order valence-corrected chi connectivity index (χ4v) is 12.9. The Kier molecular flexibility index (Phi) is 8.96. The van der Waals surface area contributed by atoms with Gasteiger partial charge < -0.3 is 20.3 Å². The van der Waals surface area contributed by atoms with Crippen LogP contribution in [-0.2, 0) is 19.1 Å². The Morgan fingerprint density at radius 1 is 0.917 bits per heavy atom. The van der Waals surface area contributed by atoms with E-state index in [1.165, 1.54) is 18.4 Å². The third-order valence-corrected chi connectivity index (χ3v) is 16.0. The number of aliphatic hydroxyl groups excluding tert-OH is 1. The van der Waals surface area contributed by atoms with Crippen molar-refractivity contribution in [1.82, 2.24) is 5.32 Å². The number of carboxylic acid groups (broad SMARTS) is 1. The first-order chi connectivity index (χ1) is 22.2. The van der Waals surface area contributed by atoms with Crippen LogP contribution in [0.15, 0.2) is 11.1 Å². The number of allylic oxidation sites excluding steroid dienone is 1. The van der Waals surface area contributed by atoms with Gasteiger partial charge in [0, 0.05) is 23.8 Å². The van der Waals surface area contributed by atoms with E-state index >= 15 is 0 Å². The lowest BCUT2D eigenvalue weighted by molar-refractivity contribution is -0.235. The first-order valence-electron chi connectivity index (χ1n) is 19.3. The van der Waals surface area contributed by atoms with E-state index in [4.69, 9.17) is 4.74 Å². The lowest BCUT2D eigenvalue weighted by Crippen LogP contribution is -2.66. The molecule has 0 aromatic rings. The molecule has 3 N–H and O–H groups in total. The van der Waals surface area contributed by atoms with Crippen molar-refractivity contribution in [1.29, 1.82) is 0 Å². The van der Waals surface area contributed by atoms with Gasteiger partial charge in [-0.2, -0.15) is 0 Å². The second-order valence-electron chi connectivity index (χ2n) is 19.7. The summed E-state index contributed by atoms with van der Waals surface area (Å²) in [6.07, 6.45) is 10.2. The number of ether oxygens (including phenoxy) is 1. The zero-order chi connectivity index (χ0) is 35.2. The van der Waals surface area contributed by atoms with Gasteiger partial charge in [-0.1, -0.05) is 54.0 Å². The first-order valence-corrected chi connectivity index (χ1v) is 19.3. The Bertz CT molecular complexity index is 1360. The lowest BCUT2D eigenvalue weighted by atomic mass is 9.33. The Morgan fingerprint density at radius 3 is 2.23 bits per heavy atom. The molecule has 0 aliphatic heterocycles. The summed E-state index contributed by atoms with van der Waals surface area (Å²) in [5, 5.41) is 25.1. The monoisotopic (exact) mass is 667 g/mol. The maximum atomic E-state index is 13.9. The van der Waals surface area contributed by atoms with Crippen LogP contribution < -0.4 is 5.32 Å². The molecule has 0 unspecified atom stereocenters. The Balaban J connectivity index is 1.27. The summed E-state index contributed by atoms with van der Waals surface area (Å²) >= 11 is 0. The number of esters is 1. The Morgan fingerprint density at radius 2 is 1.60 bits per heavy atom. The van der Waals surface area contributed by atoms with Crippen LogP contribution in [0.1, 0.15) is 139 Å². The lowest BCUT2D eigenvalue weighted by Gasteiger charge is -2.72. The molecular weight excluding hydrogens is 602 g/mol. The van der Waals surface area contributed by atoms with Crippen molar-refractivity contribution in [2.45, 2.75) is 152 Å². The van der Waals surface area contributed by atoms with Gasteiger partial charge in [-0.05, 0) is 136 Å². The molecule has 0 amide bonds. The summed E-state index contributed by atoms with van der Waals surface area (Å²) in [6.45, 7) is 21.3. The summed E-state index contributed by atoms with van der Waals surface area (Å²) in [7, 11) is 0. The fraction of sp³-hybridized carbons (Fsp3) is 0.878. The largest absolute Gasteiger partial charge is 0.481 e. The van der Waals surface area contributed by atoms with Gasteiger partial charge in [-0.15, -0.1) is 0 Å². The Hall–Kier alpha value is -1.73. The van der Waals surface area contributed by atoms with Crippen molar-refractivity contribution < 1.29 is 29.3 Å². The van der Waals surface area contributed by atoms with Crippen LogP contribution in [0.25, 0.3) is 0 Å². The highest BCUT2D eigenvalue weighted by Crippen LogP contribution is 2.77. The molecule has 0 saturated heterocycles. The molecule has 6 aliphatic carbocycles. The van der Waals surface area contributed by atoms with E-state index in [2.05, 4.69) is 53.8 Å². The van der Waals surface area contributed by atoms with Crippen LogP contribution in [0.2, 0.25) is 0 Å². The number of aliphatic carboxylic acids is 1. The number of hydrogen-bond donors (Lipinski definition) is 3. The van der Waals surface area contributed by atoms with Crippen LogP contribution >= 0.6 is 0 Å². The van der Waals surface area contributed by atoms with Crippen LogP contribution in [0.4, 0.5) is 0 Å². The van der Waals surface area contributed by atoms with Gasteiger partial charge in [0.25, 0.3) is 0 Å². The van der Waals surface area contributed by atoms with Crippen molar-refractivity contribution in [3.05, 3.63) is 11.1 Å². The van der Waals surface area contributed by atoms with Crippen molar-refractivity contribution in [3.8, 4) is 0 Å². The second-order valence-corrected chi connectivity index (χ2v) is 19.7. The van der Waals surface area contributed by atoms with E-state index < -0.39 is 28.9 Å². The normalized spacial score (nSPS) is 41.3. The minimum atomic E-state index is -1.15. The van der Waals surface area contributed by atoms with Crippen molar-refractivity contribution >= 4 is 17.7 Å². The molecule has 5 saturated carbocycles. The number of aliphatic hydroxyl groups is 1. The van der Waals surface area contributed by atoms with Crippen molar-refractivity contribution in [2.75, 3.05) is 13.1 Å². The van der Waals surface area contributed by atoms with Gasteiger partial charge in [0.05, 0.1) is 17.9 Å². The topological polar surface area (TPSA) is 113 Å². The predicted octanol–water partition coefficient (Wildman–Crippen LogP) is 7.74. The van der Waals surface area contributed by atoms with Crippen molar-refractivity contribution in [3.63, 3.8) is 0 Å². The minimum Gasteiger partial charge on any atom is -0.481 e. The highest BCUT2D eigenvalue weighted by molar-refractivity contribution is 6.00. The van der Waals surface area contributed by atoms with Gasteiger partial charge in [0.1, 0.15) is 6.10 Å². The van der Waals surface area contributed by atoms with Crippen LogP contribution in [-0.4, -0.2) is 53.2 Å². The molecule has 0 heterocycles. The molecule has 6 rings (SSSR count). The summed E-state index contributed by atoms with van der Waals surface area (Å²) < 4.78 is 6.15. The third-order valence-electron chi connectivity index (χ3n) is 16.0. The van der Waals surface area contributed by atoms with E-state index in [1.807, 2.05) is 0 Å². The molecule has 270 valence electrons. The molecule has 5 fully saturated rings. The maximum absolute atomic E-state index is 13.9. The third kappa shape index (κ3) is 5.37. The first kappa shape index (κ1) is 36.1. The number of hydrogen-bond acceptors (Lipinski definition) is 6. The van der Waals surface area contributed by atoms with Gasteiger partial charge in [0.15, 0.2) is 5.78 Å². The molecule has 0 aromatic carbocycles. The minimum absolute atomic E-state index is 0.0323. The molecular formula is C41H65NO6. The number of nitrogens with one attached hydrogen (secondary N) is 1. The molecule has 0 spiro atoms. The van der Waals surface area contributed by atoms with Crippen LogP contribution in [0.3, 0.4) is 0 Å². The van der Waals surface area contributed by atoms with Crippen LogP contribution in [0.5, 0.6) is 0 Å². The molecule has 7 nitrogen and oxygen atoms in total. The standard InChI is InChI=1S/C41H65NO6/c1-24(2)33-27(43)20-41(30(44)23-42-22-25-10-11-25)19-18-39(8)26(34(33)41)12-13-29-38(7)16-15-31(48-32(45)21-36(3,4)35(46)47)37(5,6)28(38)14-17-40(29,39)9/h24-26,28-31,42,44H,10-23H2,1-9H3,(H,46,47)/t26-,28-,29-,30-,31+,38+,39-,40-,41+/m1/s1. The molecule has 0 bridgehead atoms. The van der Waals surface area contributed by atoms with Gasteiger partial charge >= 0.3 is 11.9 Å². The average Bonchev–Trinajstić information content (AvgIpc) is 3.74. The number of carboxylic acids is 1. The summed E-state index contributed by atoms with van der Waals surface area (Å²) in [6, 6.07) is 0. The number of rotatable bonds is 10. The molecule has 0 aromatic heterocycles. The quantitative estimate of drug-likeness (QED) is 0.204. The number of carbonyl (C=O) groups excluding carboxylic acids is 2. The summed E-state index contributed by atoms with van der Waals surface area (Å²) in [5.41, 5.74) is 0.766. The number of fused-ring (bicyclic) bond motifs is 7. The summed E-state index contributed by atoms with van der Waals surface area (Å²) in [5.74, 6) is 0.998. The average molecular weight is 668 g/mol. The van der Waals surface area contributed by atoms with Gasteiger partial charge in [-0.25, -0.2) is 0 Å².